The van der Waals surface area contributed by atoms with E-state index in [4.69, 9.17) is 5.26 Å². The number of aromatic nitrogens is 3. The number of rotatable bonds is 3. The summed E-state index contributed by atoms with van der Waals surface area (Å²) >= 11 is 0. The Labute approximate surface area is 121 Å². The number of nitrogens with one attached hydrogen (secondary N) is 1. The molecule has 0 atom stereocenters. The van der Waals surface area contributed by atoms with Gasteiger partial charge < -0.3 is 9.55 Å². The molecule has 0 aliphatic rings. The molecule has 5 heteroatoms. The van der Waals surface area contributed by atoms with Crippen molar-refractivity contribution < 1.29 is 0 Å². The van der Waals surface area contributed by atoms with Gasteiger partial charge in [-0.3, -0.25) is 4.79 Å². The molecular weight excluding hydrogens is 264 g/mol. The van der Waals surface area contributed by atoms with Gasteiger partial charge >= 0.3 is 0 Å². The molecule has 3 aromatic rings. The Morgan fingerprint density at radius 2 is 2.19 bits per heavy atom. The summed E-state index contributed by atoms with van der Waals surface area (Å²) in [7, 11) is 0. The lowest BCUT2D eigenvalue weighted by atomic mass is 10.2. The second-order valence-corrected chi connectivity index (χ2v) is 4.84. The van der Waals surface area contributed by atoms with Crippen LogP contribution in [-0.2, 0) is 6.54 Å². The third kappa shape index (κ3) is 2.32. The van der Waals surface area contributed by atoms with Crippen molar-refractivity contribution in [1.82, 2.24) is 14.5 Å². The number of aryl methyl sites for hydroxylation is 1. The van der Waals surface area contributed by atoms with E-state index in [1.165, 1.54) is 6.07 Å². The first-order valence-corrected chi connectivity index (χ1v) is 6.82. The van der Waals surface area contributed by atoms with E-state index in [1.54, 1.807) is 24.4 Å². The fraction of sp³-hybridized carbons (Fsp3) is 0.188. The van der Waals surface area contributed by atoms with E-state index in [9.17, 15) is 4.79 Å². The molecule has 0 aliphatic heterocycles. The van der Waals surface area contributed by atoms with E-state index in [0.29, 0.717) is 5.56 Å². The molecule has 0 aliphatic carbocycles. The fourth-order valence-electron chi connectivity index (χ4n) is 2.42. The number of nitriles is 1. The number of H-pyrrole nitrogens is 1. The van der Waals surface area contributed by atoms with Crippen LogP contribution in [0.4, 0.5) is 0 Å². The van der Waals surface area contributed by atoms with Gasteiger partial charge in [-0.25, -0.2) is 4.98 Å². The Morgan fingerprint density at radius 1 is 1.33 bits per heavy atom. The van der Waals surface area contributed by atoms with Crippen LogP contribution in [0.1, 0.15) is 18.9 Å². The summed E-state index contributed by atoms with van der Waals surface area (Å²) in [4.78, 5) is 18.5. The number of hydrogen-bond donors (Lipinski definition) is 1. The minimum Gasteiger partial charge on any atom is -0.328 e. The highest BCUT2D eigenvalue weighted by molar-refractivity contribution is 5.81. The molecule has 0 saturated heterocycles. The summed E-state index contributed by atoms with van der Waals surface area (Å²) in [6.45, 7) is 2.93. The first kappa shape index (κ1) is 13.1. The summed E-state index contributed by atoms with van der Waals surface area (Å²) in [6.07, 6.45) is 2.64. The van der Waals surface area contributed by atoms with Crippen LogP contribution in [0.5, 0.6) is 0 Å². The van der Waals surface area contributed by atoms with Gasteiger partial charge in [0.25, 0.3) is 0 Å². The Balaban J connectivity index is 2.25. The fourth-order valence-corrected chi connectivity index (χ4v) is 2.42. The minimum atomic E-state index is -0.135. The van der Waals surface area contributed by atoms with Crippen LogP contribution in [-0.4, -0.2) is 14.5 Å². The van der Waals surface area contributed by atoms with Crippen molar-refractivity contribution in [1.29, 1.82) is 5.26 Å². The van der Waals surface area contributed by atoms with Crippen LogP contribution in [0.2, 0.25) is 0 Å². The molecular formula is C16H14N4O. The average Bonchev–Trinajstić information content (AvgIpc) is 2.86. The summed E-state index contributed by atoms with van der Waals surface area (Å²) in [6, 6.07) is 10.9. The predicted octanol–water partition coefficient (Wildman–Crippen LogP) is 2.67. The Morgan fingerprint density at radius 3 is 2.86 bits per heavy atom. The molecule has 0 bridgehead atoms. The van der Waals surface area contributed by atoms with Crippen LogP contribution in [0.25, 0.3) is 22.4 Å². The van der Waals surface area contributed by atoms with Gasteiger partial charge in [0, 0.05) is 24.4 Å². The highest BCUT2D eigenvalue weighted by atomic mass is 16.1. The highest BCUT2D eigenvalue weighted by Gasteiger charge is 2.12. The van der Waals surface area contributed by atoms with Crippen molar-refractivity contribution in [2.45, 2.75) is 19.9 Å². The molecule has 1 N–H and O–H groups in total. The molecule has 0 fully saturated rings. The van der Waals surface area contributed by atoms with Gasteiger partial charge in [0.15, 0.2) is 0 Å². The summed E-state index contributed by atoms with van der Waals surface area (Å²) in [5.41, 5.74) is 3.11. The molecule has 1 aromatic carbocycles. The van der Waals surface area contributed by atoms with E-state index in [1.807, 2.05) is 6.07 Å². The van der Waals surface area contributed by atoms with Crippen molar-refractivity contribution in [2.24, 2.45) is 0 Å². The number of nitrogens with zero attached hydrogens (tertiary/aromatic N) is 3. The zero-order chi connectivity index (χ0) is 14.8. The SMILES string of the molecule is CCCn1c(-c2ccc(=O)[nH]c2)nc2cc(C#N)ccc21. The maximum absolute atomic E-state index is 11.2. The molecule has 21 heavy (non-hydrogen) atoms. The van der Waals surface area contributed by atoms with Crippen LogP contribution < -0.4 is 5.56 Å². The molecule has 0 spiro atoms. The van der Waals surface area contributed by atoms with Gasteiger partial charge in [-0.1, -0.05) is 6.92 Å². The number of benzene rings is 1. The molecule has 2 aromatic heterocycles. The van der Waals surface area contributed by atoms with Gasteiger partial charge in [0.1, 0.15) is 5.82 Å². The molecule has 3 rings (SSSR count). The lowest BCUT2D eigenvalue weighted by Crippen LogP contribution is -2.04. The number of imidazole rings is 1. The number of fused-ring (bicyclic) bond motifs is 1. The summed E-state index contributed by atoms with van der Waals surface area (Å²) in [5.74, 6) is 0.804. The summed E-state index contributed by atoms with van der Waals surface area (Å²) in [5, 5.41) is 9.00. The topological polar surface area (TPSA) is 74.5 Å². The normalized spacial score (nSPS) is 10.7. The van der Waals surface area contributed by atoms with E-state index in [-0.39, 0.29) is 5.56 Å². The van der Waals surface area contributed by atoms with Gasteiger partial charge in [-0.15, -0.1) is 0 Å². The molecule has 5 nitrogen and oxygen atoms in total. The number of hydrogen-bond acceptors (Lipinski definition) is 3. The van der Waals surface area contributed by atoms with Crippen molar-refractivity contribution in [3.63, 3.8) is 0 Å². The molecule has 104 valence electrons. The lowest BCUT2D eigenvalue weighted by Gasteiger charge is -2.07. The maximum Gasteiger partial charge on any atom is 0.247 e. The second-order valence-electron chi connectivity index (χ2n) is 4.84. The predicted molar refractivity (Wildman–Crippen MR) is 80.8 cm³/mol. The largest absolute Gasteiger partial charge is 0.328 e. The van der Waals surface area contributed by atoms with Crippen LogP contribution in [0.15, 0.2) is 41.3 Å². The zero-order valence-electron chi connectivity index (χ0n) is 11.6. The molecule has 0 unspecified atom stereocenters. The molecule has 0 saturated carbocycles. The highest BCUT2D eigenvalue weighted by Crippen LogP contribution is 2.25. The molecule has 0 radical (unpaired) electrons. The molecule has 0 amide bonds. The quantitative estimate of drug-likeness (QED) is 0.800. The monoisotopic (exact) mass is 278 g/mol. The maximum atomic E-state index is 11.2. The third-order valence-corrected chi connectivity index (χ3v) is 3.37. The second kappa shape index (κ2) is 5.25. The van der Waals surface area contributed by atoms with Gasteiger partial charge in [0.05, 0.1) is 22.7 Å². The van der Waals surface area contributed by atoms with Gasteiger partial charge in [0.2, 0.25) is 5.56 Å². The Bertz CT molecular complexity index is 878. The van der Waals surface area contributed by atoms with Crippen molar-refractivity contribution >= 4 is 11.0 Å². The van der Waals surface area contributed by atoms with E-state index in [2.05, 4.69) is 27.5 Å². The lowest BCUT2D eigenvalue weighted by molar-refractivity contribution is 0.704. The van der Waals surface area contributed by atoms with E-state index >= 15 is 0 Å². The zero-order valence-corrected chi connectivity index (χ0v) is 11.6. The van der Waals surface area contributed by atoms with Crippen LogP contribution in [0.3, 0.4) is 0 Å². The van der Waals surface area contributed by atoms with E-state index < -0.39 is 0 Å². The first-order valence-electron chi connectivity index (χ1n) is 6.82. The number of pyridine rings is 1. The summed E-state index contributed by atoms with van der Waals surface area (Å²) < 4.78 is 2.12. The Hall–Kier alpha value is -2.87. The third-order valence-electron chi connectivity index (χ3n) is 3.37. The van der Waals surface area contributed by atoms with Gasteiger partial charge in [-0.05, 0) is 30.7 Å². The minimum absolute atomic E-state index is 0.135. The average molecular weight is 278 g/mol. The van der Waals surface area contributed by atoms with E-state index in [0.717, 1.165) is 35.4 Å². The smallest absolute Gasteiger partial charge is 0.247 e. The van der Waals surface area contributed by atoms with Crippen LogP contribution >= 0.6 is 0 Å². The first-order chi connectivity index (χ1) is 10.2. The number of aromatic amines is 1. The Kier molecular flexibility index (Phi) is 3.28. The van der Waals surface area contributed by atoms with Crippen molar-refractivity contribution in [3.05, 3.63) is 52.4 Å². The van der Waals surface area contributed by atoms with Gasteiger partial charge in [-0.2, -0.15) is 5.26 Å². The molecule has 2 heterocycles. The van der Waals surface area contributed by atoms with Crippen molar-refractivity contribution in [3.8, 4) is 17.5 Å². The van der Waals surface area contributed by atoms with Crippen molar-refractivity contribution in [2.75, 3.05) is 0 Å². The van der Waals surface area contributed by atoms with Crippen LogP contribution in [0, 0.1) is 11.3 Å². The standard InChI is InChI=1S/C16H14N4O/c1-2-7-20-14-5-3-11(9-17)8-13(14)19-16(20)12-4-6-15(21)18-10-12/h3-6,8,10H,2,7H2,1H3,(H,18,21).